The zero-order chi connectivity index (χ0) is 30.0. The molecule has 0 spiro atoms. The van der Waals surface area contributed by atoms with Crippen molar-refractivity contribution in [1.29, 1.82) is 0 Å². The minimum Gasteiger partial charge on any atom is -0.378 e. The van der Waals surface area contributed by atoms with Crippen LogP contribution in [0.15, 0.2) is 48.7 Å². The number of amides is 1. The van der Waals surface area contributed by atoms with E-state index in [1.54, 1.807) is 6.20 Å². The van der Waals surface area contributed by atoms with Crippen LogP contribution in [0, 0.1) is 5.92 Å². The molecule has 1 aliphatic rings. The number of ether oxygens (including phenoxy) is 2. The number of carbonyl (C=O) groups is 1. The summed E-state index contributed by atoms with van der Waals surface area (Å²) in [5, 5.41) is 12.9. The molecule has 1 aromatic carbocycles. The predicted octanol–water partition coefficient (Wildman–Crippen LogP) is 3.31. The lowest BCUT2D eigenvalue weighted by Crippen LogP contribution is -2.29. The molecular formula is C31H45N9O3. The fourth-order valence-electron chi connectivity index (χ4n) is 4.82. The highest BCUT2D eigenvalue weighted by Gasteiger charge is 2.15. The van der Waals surface area contributed by atoms with E-state index >= 15 is 0 Å². The standard InChI is InChI=1S/C31H45N9O3/c32-14-18-42-20-21-43-19-17-34-28(41)22-24-9-11-27(12-10-24)37-31-39-29(35-16-13-26-8-4-5-15-33-26)38-30(40-31)36-23-25-6-2-1-3-7-25/h4-5,8-12,15,25H,1-3,6-7,13-14,16-23,32H2,(H,34,41)(H3,35,36,37,38,39,40). The predicted molar refractivity (Wildman–Crippen MR) is 168 cm³/mol. The minimum atomic E-state index is -0.0590. The SMILES string of the molecule is NCCOCCOCCNC(=O)Cc1ccc(Nc2nc(NCCc3ccccn3)nc(NCC3CCCCC3)n2)cc1. The molecule has 3 aromatic rings. The van der Waals surface area contributed by atoms with Crippen molar-refractivity contribution >= 4 is 29.4 Å². The van der Waals surface area contributed by atoms with Crippen molar-refractivity contribution in [2.45, 2.75) is 44.9 Å². The van der Waals surface area contributed by atoms with Crippen LogP contribution in [-0.2, 0) is 27.1 Å². The molecule has 0 radical (unpaired) electrons. The number of hydrogen-bond acceptors (Lipinski definition) is 11. The molecule has 43 heavy (non-hydrogen) atoms. The summed E-state index contributed by atoms with van der Waals surface area (Å²) < 4.78 is 10.7. The van der Waals surface area contributed by atoms with E-state index in [1.165, 1.54) is 32.1 Å². The lowest BCUT2D eigenvalue weighted by Gasteiger charge is -2.21. The van der Waals surface area contributed by atoms with Gasteiger partial charge in [0.25, 0.3) is 0 Å². The average molecular weight is 592 g/mol. The monoisotopic (exact) mass is 591 g/mol. The van der Waals surface area contributed by atoms with Gasteiger partial charge in [-0.25, -0.2) is 0 Å². The van der Waals surface area contributed by atoms with E-state index in [2.05, 4.69) is 41.2 Å². The second-order valence-electron chi connectivity index (χ2n) is 10.6. The Bertz CT molecular complexity index is 1210. The summed E-state index contributed by atoms with van der Waals surface area (Å²) in [7, 11) is 0. The van der Waals surface area contributed by atoms with E-state index in [-0.39, 0.29) is 12.3 Å². The third-order valence-electron chi connectivity index (χ3n) is 7.08. The Morgan fingerprint density at radius 2 is 1.58 bits per heavy atom. The molecule has 12 nitrogen and oxygen atoms in total. The highest BCUT2D eigenvalue weighted by atomic mass is 16.5. The molecule has 6 N–H and O–H groups in total. The topological polar surface area (TPSA) is 161 Å². The second kappa shape index (κ2) is 18.6. The molecule has 2 aromatic heterocycles. The Balaban J connectivity index is 1.28. The molecule has 232 valence electrons. The van der Waals surface area contributed by atoms with Gasteiger partial charge >= 0.3 is 0 Å². The first-order chi connectivity index (χ1) is 21.2. The van der Waals surface area contributed by atoms with Gasteiger partial charge in [-0.15, -0.1) is 0 Å². The van der Waals surface area contributed by atoms with E-state index in [9.17, 15) is 4.79 Å². The number of aromatic nitrogens is 4. The fourth-order valence-corrected chi connectivity index (χ4v) is 4.82. The first-order valence-electron chi connectivity index (χ1n) is 15.3. The van der Waals surface area contributed by atoms with Gasteiger partial charge in [-0.1, -0.05) is 37.5 Å². The lowest BCUT2D eigenvalue weighted by molar-refractivity contribution is -0.120. The summed E-state index contributed by atoms with van der Waals surface area (Å²) in [6, 6.07) is 13.6. The van der Waals surface area contributed by atoms with E-state index in [0.717, 1.165) is 29.9 Å². The number of pyridine rings is 1. The van der Waals surface area contributed by atoms with Crippen molar-refractivity contribution in [3.8, 4) is 0 Å². The molecule has 0 aliphatic heterocycles. The third-order valence-corrected chi connectivity index (χ3v) is 7.08. The number of carbonyl (C=O) groups excluding carboxylic acids is 1. The van der Waals surface area contributed by atoms with Crippen molar-refractivity contribution < 1.29 is 14.3 Å². The van der Waals surface area contributed by atoms with E-state index < -0.39 is 0 Å². The van der Waals surface area contributed by atoms with Crippen molar-refractivity contribution in [3.63, 3.8) is 0 Å². The molecule has 0 atom stereocenters. The summed E-state index contributed by atoms with van der Waals surface area (Å²) in [4.78, 5) is 30.6. The number of benzene rings is 1. The lowest BCUT2D eigenvalue weighted by atomic mass is 9.89. The van der Waals surface area contributed by atoms with Gasteiger partial charge in [-0.2, -0.15) is 15.0 Å². The Morgan fingerprint density at radius 3 is 2.33 bits per heavy atom. The van der Waals surface area contributed by atoms with Gasteiger partial charge in [-0.3, -0.25) is 9.78 Å². The summed E-state index contributed by atoms with van der Waals surface area (Å²) in [5.41, 5.74) is 8.10. The van der Waals surface area contributed by atoms with Crippen LogP contribution in [0.5, 0.6) is 0 Å². The van der Waals surface area contributed by atoms with Crippen LogP contribution in [0.4, 0.5) is 23.5 Å². The Morgan fingerprint density at radius 1 is 0.837 bits per heavy atom. The molecular weight excluding hydrogens is 546 g/mol. The maximum absolute atomic E-state index is 12.3. The van der Waals surface area contributed by atoms with Gasteiger partial charge < -0.3 is 36.5 Å². The van der Waals surface area contributed by atoms with Gasteiger partial charge in [0.2, 0.25) is 23.8 Å². The third kappa shape index (κ3) is 12.5. The van der Waals surface area contributed by atoms with Crippen LogP contribution in [0.1, 0.15) is 43.4 Å². The molecule has 0 unspecified atom stereocenters. The van der Waals surface area contributed by atoms with Gasteiger partial charge in [-0.05, 0) is 48.6 Å². The number of nitrogens with two attached hydrogens (primary N) is 1. The number of rotatable bonds is 19. The van der Waals surface area contributed by atoms with Crippen LogP contribution in [-0.4, -0.2) is 78.4 Å². The summed E-state index contributed by atoms with van der Waals surface area (Å²) in [6.45, 7) is 4.37. The molecule has 1 amide bonds. The molecule has 2 heterocycles. The van der Waals surface area contributed by atoms with Crippen LogP contribution in [0.25, 0.3) is 0 Å². The van der Waals surface area contributed by atoms with E-state index in [1.807, 2.05) is 42.5 Å². The maximum Gasteiger partial charge on any atom is 0.233 e. The first-order valence-corrected chi connectivity index (χ1v) is 15.3. The van der Waals surface area contributed by atoms with Crippen molar-refractivity contribution in [2.24, 2.45) is 11.7 Å². The number of hydrogen-bond donors (Lipinski definition) is 5. The van der Waals surface area contributed by atoms with E-state index in [4.69, 9.17) is 15.2 Å². The zero-order valence-corrected chi connectivity index (χ0v) is 24.9. The highest BCUT2D eigenvalue weighted by Crippen LogP contribution is 2.24. The zero-order valence-electron chi connectivity index (χ0n) is 24.9. The number of nitrogens with one attached hydrogen (secondary N) is 4. The van der Waals surface area contributed by atoms with Crippen molar-refractivity contribution in [2.75, 3.05) is 68.6 Å². The highest BCUT2D eigenvalue weighted by molar-refractivity contribution is 5.78. The Labute approximate surface area is 254 Å². The van der Waals surface area contributed by atoms with Crippen LogP contribution in [0.2, 0.25) is 0 Å². The first kappa shape index (κ1) is 32.1. The quantitative estimate of drug-likeness (QED) is 0.130. The molecule has 0 saturated heterocycles. The van der Waals surface area contributed by atoms with Crippen LogP contribution in [0.3, 0.4) is 0 Å². The van der Waals surface area contributed by atoms with Gasteiger partial charge in [0.05, 0.1) is 32.8 Å². The Kier molecular flexibility index (Phi) is 13.9. The average Bonchev–Trinajstić information content (AvgIpc) is 3.03. The number of nitrogens with zero attached hydrogens (tertiary/aromatic N) is 4. The Hall–Kier alpha value is -3.87. The molecule has 1 saturated carbocycles. The normalized spacial score (nSPS) is 13.4. The second-order valence-corrected chi connectivity index (χ2v) is 10.6. The molecule has 4 rings (SSSR count). The summed E-state index contributed by atoms with van der Waals surface area (Å²) in [6.07, 6.45) is 9.21. The van der Waals surface area contributed by atoms with Gasteiger partial charge in [0.15, 0.2) is 0 Å². The summed E-state index contributed by atoms with van der Waals surface area (Å²) in [5.74, 6) is 2.07. The molecule has 12 heteroatoms. The van der Waals surface area contributed by atoms with Crippen LogP contribution >= 0.6 is 0 Å². The minimum absolute atomic E-state index is 0.0590. The maximum atomic E-state index is 12.3. The summed E-state index contributed by atoms with van der Waals surface area (Å²) >= 11 is 0. The van der Waals surface area contributed by atoms with Crippen molar-refractivity contribution in [3.05, 3.63) is 59.9 Å². The smallest absolute Gasteiger partial charge is 0.233 e. The molecule has 1 fully saturated rings. The number of anilines is 4. The molecule has 0 bridgehead atoms. The van der Waals surface area contributed by atoms with Crippen molar-refractivity contribution in [1.82, 2.24) is 25.3 Å². The van der Waals surface area contributed by atoms with E-state index in [0.29, 0.717) is 69.8 Å². The fraction of sp³-hybridized carbons (Fsp3) is 0.516. The largest absolute Gasteiger partial charge is 0.378 e. The van der Waals surface area contributed by atoms with Gasteiger partial charge in [0, 0.05) is 50.2 Å². The van der Waals surface area contributed by atoms with Gasteiger partial charge in [0.1, 0.15) is 0 Å². The van der Waals surface area contributed by atoms with Crippen LogP contribution < -0.4 is 27.0 Å². The molecule has 1 aliphatic carbocycles.